The second-order valence-electron chi connectivity index (χ2n) is 4.97. The van der Waals surface area contributed by atoms with Gasteiger partial charge in [-0.25, -0.2) is 4.39 Å². The van der Waals surface area contributed by atoms with Gasteiger partial charge in [0.2, 0.25) is 0 Å². The summed E-state index contributed by atoms with van der Waals surface area (Å²) in [5.41, 5.74) is 5.64. The van der Waals surface area contributed by atoms with E-state index in [-0.39, 0.29) is 18.3 Å². The van der Waals surface area contributed by atoms with Crippen molar-refractivity contribution in [2.75, 3.05) is 6.54 Å². The standard InChI is InChI=1S/C13H16BrFN2O.ClH/c1-13(7-16,8-2-3-8)17-12(18)10-6-9(15)4-5-11(10)14;/h4-6,8H,2-3,7,16H2,1H3,(H,17,18);1H. The van der Waals surface area contributed by atoms with Gasteiger partial charge in [0.15, 0.2) is 0 Å². The van der Waals surface area contributed by atoms with Gasteiger partial charge in [-0.05, 0) is 59.8 Å². The van der Waals surface area contributed by atoms with Crippen molar-refractivity contribution >= 4 is 34.2 Å². The van der Waals surface area contributed by atoms with E-state index in [1.807, 2.05) is 6.92 Å². The molecule has 1 amide bonds. The summed E-state index contributed by atoms with van der Waals surface area (Å²) in [5.74, 6) is -0.288. The Hall–Kier alpha value is -0.650. The number of halogens is 3. The molecule has 0 saturated heterocycles. The molecule has 1 aliphatic rings. The summed E-state index contributed by atoms with van der Waals surface area (Å²) in [4.78, 5) is 12.2. The Morgan fingerprint density at radius 3 is 2.74 bits per heavy atom. The molecule has 0 spiro atoms. The van der Waals surface area contributed by atoms with Gasteiger partial charge in [-0.15, -0.1) is 12.4 Å². The molecule has 0 aliphatic heterocycles. The summed E-state index contributed by atoms with van der Waals surface area (Å²) < 4.78 is 13.7. The number of nitrogens with two attached hydrogens (primary N) is 1. The van der Waals surface area contributed by atoms with Gasteiger partial charge in [0.25, 0.3) is 5.91 Å². The summed E-state index contributed by atoms with van der Waals surface area (Å²) in [6.07, 6.45) is 2.16. The van der Waals surface area contributed by atoms with Gasteiger partial charge in [-0.3, -0.25) is 4.79 Å². The number of hydrogen-bond donors (Lipinski definition) is 2. The van der Waals surface area contributed by atoms with Crippen LogP contribution >= 0.6 is 28.3 Å². The van der Waals surface area contributed by atoms with Crippen molar-refractivity contribution < 1.29 is 9.18 Å². The Labute approximate surface area is 126 Å². The first-order chi connectivity index (χ1) is 8.46. The van der Waals surface area contributed by atoms with Crippen LogP contribution in [0.25, 0.3) is 0 Å². The molecule has 1 atom stereocenters. The zero-order valence-corrected chi connectivity index (χ0v) is 13.0. The van der Waals surface area contributed by atoms with E-state index in [0.29, 0.717) is 22.5 Å². The van der Waals surface area contributed by atoms with E-state index >= 15 is 0 Å². The molecular weight excluding hydrogens is 335 g/mol. The fourth-order valence-electron chi connectivity index (χ4n) is 2.04. The van der Waals surface area contributed by atoms with Crippen molar-refractivity contribution in [1.29, 1.82) is 0 Å². The lowest BCUT2D eigenvalue weighted by molar-refractivity contribution is 0.0896. The van der Waals surface area contributed by atoms with Gasteiger partial charge >= 0.3 is 0 Å². The molecule has 0 bridgehead atoms. The second kappa shape index (κ2) is 6.20. The maximum absolute atomic E-state index is 13.2. The predicted octanol–water partition coefficient (Wildman–Crippen LogP) is 2.87. The van der Waals surface area contributed by atoms with Crippen LogP contribution in [0, 0.1) is 11.7 Å². The Bertz CT molecular complexity index is 482. The van der Waals surface area contributed by atoms with Gasteiger partial charge in [-0.2, -0.15) is 0 Å². The summed E-state index contributed by atoms with van der Waals surface area (Å²) in [7, 11) is 0. The Balaban J connectivity index is 0.00000180. The molecule has 19 heavy (non-hydrogen) atoms. The van der Waals surface area contributed by atoms with Gasteiger partial charge in [-0.1, -0.05) is 0 Å². The van der Waals surface area contributed by atoms with E-state index in [4.69, 9.17) is 5.73 Å². The maximum atomic E-state index is 13.2. The molecule has 1 unspecified atom stereocenters. The molecule has 3 nitrogen and oxygen atoms in total. The normalized spacial score (nSPS) is 17.3. The minimum Gasteiger partial charge on any atom is -0.345 e. The number of nitrogens with one attached hydrogen (secondary N) is 1. The van der Waals surface area contributed by atoms with Crippen LogP contribution in [0.3, 0.4) is 0 Å². The lowest BCUT2D eigenvalue weighted by atomic mass is 9.95. The van der Waals surface area contributed by atoms with Crippen LogP contribution in [0.2, 0.25) is 0 Å². The molecule has 2 rings (SSSR count). The highest BCUT2D eigenvalue weighted by molar-refractivity contribution is 9.10. The molecule has 106 valence electrons. The van der Waals surface area contributed by atoms with Crippen LogP contribution in [0.1, 0.15) is 30.1 Å². The smallest absolute Gasteiger partial charge is 0.253 e. The van der Waals surface area contributed by atoms with E-state index in [2.05, 4.69) is 21.2 Å². The Morgan fingerprint density at radius 1 is 1.58 bits per heavy atom. The van der Waals surface area contributed by atoms with Gasteiger partial charge in [0, 0.05) is 11.0 Å². The van der Waals surface area contributed by atoms with E-state index in [1.54, 1.807) is 0 Å². The topological polar surface area (TPSA) is 55.1 Å². The van der Waals surface area contributed by atoms with E-state index in [9.17, 15) is 9.18 Å². The molecule has 1 aromatic carbocycles. The van der Waals surface area contributed by atoms with Crippen LogP contribution in [-0.2, 0) is 0 Å². The number of carbonyl (C=O) groups excluding carboxylic acids is 1. The first kappa shape index (κ1) is 16.4. The van der Waals surface area contributed by atoms with Crippen molar-refractivity contribution in [3.05, 3.63) is 34.1 Å². The van der Waals surface area contributed by atoms with Crippen LogP contribution in [0.5, 0.6) is 0 Å². The van der Waals surface area contributed by atoms with Crippen molar-refractivity contribution in [2.24, 2.45) is 11.7 Å². The summed E-state index contributed by atoms with van der Waals surface area (Å²) in [6, 6.07) is 4.06. The number of hydrogen-bond acceptors (Lipinski definition) is 2. The third-order valence-corrected chi connectivity index (χ3v) is 4.17. The molecule has 0 radical (unpaired) electrons. The van der Waals surface area contributed by atoms with Crippen LogP contribution < -0.4 is 11.1 Å². The monoisotopic (exact) mass is 350 g/mol. The van der Waals surface area contributed by atoms with E-state index in [0.717, 1.165) is 12.8 Å². The highest BCUT2D eigenvalue weighted by atomic mass is 79.9. The number of carbonyl (C=O) groups is 1. The van der Waals surface area contributed by atoms with Crippen LogP contribution in [0.4, 0.5) is 4.39 Å². The zero-order chi connectivity index (χ0) is 13.3. The highest BCUT2D eigenvalue weighted by Crippen LogP contribution is 2.39. The first-order valence-corrected chi connectivity index (χ1v) is 6.73. The molecular formula is C13H17BrClFN2O. The van der Waals surface area contributed by atoms with Crippen molar-refractivity contribution in [1.82, 2.24) is 5.32 Å². The maximum Gasteiger partial charge on any atom is 0.253 e. The van der Waals surface area contributed by atoms with E-state index < -0.39 is 11.4 Å². The van der Waals surface area contributed by atoms with Crippen molar-refractivity contribution in [2.45, 2.75) is 25.3 Å². The summed E-state index contributed by atoms with van der Waals surface area (Å²) >= 11 is 3.25. The fourth-order valence-corrected chi connectivity index (χ4v) is 2.47. The summed E-state index contributed by atoms with van der Waals surface area (Å²) in [5, 5.41) is 2.93. The summed E-state index contributed by atoms with van der Waals surface area (Å²) in [6.45, 7) is 2.33. The number of amides is 1. The van der Waals surface area contributed by atoms with Gasteiger partial charge in [0.1, 0.15) is 5.82 Å². The molecule has 3 N–H and O–H groups in total. The Kier molecular flexibility index (Phi) is 5.35. The molecule has 6 heteroatoms. The minimum absolute atomic E-state index is 0. The second-order valence-corrected chi connectivity index (χ2v) is 5.83. The molecule has 1 saturated carbocycles. The molecule has 1 aromatic rings. The minimum atomic E-state index is -0.427. The molecule has 1 aliphatic carbocycles. The lowest BCUT2D eigenvalue weighted by Gasteiger charge is -2.29. The largest absolute Gasteiger partial charge is 0.345 e. The SMILES string of the molecule is CC(CN)(NC(=O)c1cc(F)ccc1Br)C1CC1.Cl. The average Bonchev–Trinajstić information content (AvgIpc) is 3.16. The average molecular weight is 352 g/mol. The Morgan fingerprint density at radius 2 is 2.21 bits per heavy atom. The van der Waals surface area contributed by atoms with Crippen LogP contribution in [0.15, 0.2) is 22.7 Å². The molecule has 1 fully saturated rings. The fraction of sp³-hybridized carbons (Fsp3) is 0.462. The van der Waals surface area contributed by atoms with Crippen molar-refractivity contribution in [3.8, 4) is 0 Å². The zero-order valence-electron chi connectivity index (χ0n) is 10.6. The van der Waals surface area contributed by atoms with Crippen LogP contribution in [-0.4, -0.2) is 18.0 Å². The van der Waals surface area contributed by atoms with Gasteiger partial charge in [0.05, 0.1) is 11.1 Å². The number of benzene rings is 1. The molecule has 0 aromatic heterocycles. The number of rotatable bonds is 4. The third kappa shape index (κ3) is 3.68. The quantitative estimate of drug-likeness (QED) is 0.876. The first-order valence-electron chi connectivity index (χ1n) is 5.94. The van der Waals surface area contributed by atoms with Crippen molar-refractivity contribution in [3.63, 3.8) is 0 Å². The third-order valence-electron chi connectivity index (χ3n) is 3.47. The van der Waals surface area contributed by atoms with E-state index in [1.165, 1.54) is 18.2 Å². The van der Waals surface area contributed by atoms with Gasteiger partial charge < -0.3 is 11.1 Å². The highest BCUT2D eigenvalue weighted by Gasteiger charge is 2.41. The lowest BCUT2D eigenvalue weighted by Crippen LogP contribution is -2.53. The predicted molar refractivity (Wildman–Crippen MR) is 79.0 cm³/mol. The molecule has 0 heterocycles.